The van der Waals surface area contributed by atoms with E-state index in [4.69, 9.17) is 0 Å². The average molecular weight is 691 g/mol. The minimum absolute atomic E-state index is 0.0925. The summed E-state index contributed by atoms with van der Waals surface area (Å²) in [4.78, 5) is 40.4. The molecule has 4 aromatic heterocycles. The minimum Gasteiger partial charge on any atom is -0.321 e. The maximum atomic E-state index is 13.1. The van der Waals surface area contributed by atoms with Crippen LogP contribution in [0.5, 0.6) is 0 Å². The van der Waals surface area contributed by atoms with Crippen molar-refractivity contribution in [2.45, 2.75) is 20.3 Å². The maximum absolute atomic E-state index is 13.1. The Bertz CT molecular complexity index is 2550. The van der Waals surface area contributed by atoms with E-state index in [0.29, 0.717) is 11.1 Å². The largest absolute Gasteiger partial charge is 0.321 e. The molecule has 53 heavy (non-hydrogen) atoms. The minimum atomic E-state index is -0.0962. The molecule has 0 saturated carbocycles. The van der Waals surface area contributed by atoms with Gasteiger partial charge >= 0.3 is 0 Å². The van der Waals surface area contributed by atoms with Gasteiger partial charge in [0.15, 0.2) is 0 Å². The van der Waals surface area contributed by atoms with Crippen LogP contribution in [0.4, 0.5) is 0 Å². The number of aromatic amines is 2. The van der Waals surface area contributed by atoms with Crippen molar-refractivity contribution in [3.05, 3.63) is 202 Å². The number of H-pyrrole nitrogens is 2. The summed E-state index contributed by atoms with van der Waals surface area (Å²) >= 11 is 0. The van der Waals surface area contributed by atoms with Gasteiger partial charge in [0.2, 0.25) is 0 Å². The van der Waals surface area contributed by atoms with E-state index in [-0.39, 0.29) is 11.1 Å². The lowest BCUT2D eigenvalue weighted by Gasteiger charge is -2.12. The quantitative estimate of drug-likeness (QED) is 0.174. The summed E-state index contributed by atoms with van der Waals surface area (Å²) in [5.74, 6) is 0. The standard InChI is InChI=1S/C24H20N2O.C23H18N2O/c1-2-17-8-10-19(11-9-17)22-16-21(18-12-14-25-15-13-18)23(24(27)26-22)20-6-4-3-5-7-20;1-16-7-9-18(10-8-16)21-15-20(17-11-13-24-14-12-17)22(23(26)25-21)19-5-3-2-4-6-19/h3-16H,2H2,1H3,(H,26,27);2-15H,1H3,(H,25,26). The zero-order valence-electron chi connectivity index (χ0n) is 29.6. The van der Waals surface area contributed by atoms with Gasteiger partial charge in [0.05, 0.1) is 11.1 Å². The molecule has 0 bridgehead atoms. The molecule has 0 aliphatic rings. The van der Waals surface area contributed by atoms with Gasteiger partial charge in [-0.1, -0.05) is 122 Å². The van der Waals surface area contributed by atoms with Crippen molar-refractivity contribution in [2.24, 2.45) is 0 Å². The third-order valence-electron chi connectivity index (χ3n) is 9.21. The van der Waals surface area contributed by atoms with E-state index in [0.717, 1.165) is 62.3 Å². The van der Waals surface area contributed by atoms with Gasteiger partial charge in [-0.25, -0.2) is 0 Å². The lowest BCUT2D eigenvalue weighted by atomic mass is 9.94. The fourth-order valence-corrected chi connectivity index (χ4v) is 6.38. The molecule has 0 atom stereocenters. The number of nitrogens with zero attached hydrogens (tertiary/aromatic N) is 2. The molecule has 6 heteroatoms. The van der Waals surface area contributed by atoms with Crippen LogP contribution in [0.15, 0.2) is 180 Å². The first-order valence-electron chi connectivity index (χ1n) is 17.6. The van der Waals surface area contributed by atoms with Crippen LogP contribution in [-0.2, 0) is 6.42 Å². The highest BCUT2D eigenvalue weighted by atomic mass is 16.1. The first-order valence-corrected chi connectivity index (χ1v) is 17.6. The Kier molecular flexibility index (Phi) is 10.4. The highest BCUT2D eigenvalue weighted by molar-refractivity contribution is 5.86. The number of pyridine rings is 4. The summed E-state index contributed by atoms with van der Waals surface area (Å²) in [6.07, 6.45) is 7.99. The number of nitrogens with one attached hydrogen (secondary N) is 2. The number of benzene rings is 4. The Balaban J connectivity index is 0.000000164. The molecule has 4 heterocycles. The molecule has 258 valence electrons. The molecule has 8 rings (SSSR count). The molecule has 8 aromatic rings. The zero-order chi connectivity index (χ0) is 36.6. The van der Waals surface area contributed by atoms with Crippen molar-refractivity contribution in [1.29, 1.82) is 0 Å². The first-order chi connectivity index (χ1) is 26.0. The van der Waals surface area contributed by atoms with Crippen molar-refractivity contribution in [2.75, 3.05) is 0 Å². The Hall–Kier alpha value is -6.92. The Morgan fingerprint density at radius 1 is 0.453 bits per heavy atom. The van der Waals surface area contributed by atoms with Crippen molar-refractivity contribution in [3.8, 4) is 67.0 Å². The smallest absolute Gasteiger partial charge is 0.256 e. The maximum Gasteiger partial charge on any atom is 0.256 e. The van der Waals surface area contributed by atoms with E-state index in [1.54, 1.807) is 24.8 Å². The number of aromatic nitrogens is 4. The van der Waals surface area contributed by atoms with Gasteiger partial charge in [-0.15, -0.1) is 0 Å². The van der Waals surface area contributed by atoms with Crippen LogP contribution in [0.1, 0.15) is 18.1 Å². The van der Waals surface area contributed by atoms with Gasteiger partial charge in [-0.3, -0.25) is 19.6 Å². The highest BCUT2D eigenvalue weighted by Crippen LogP contribution is 2.33. The molecule has 0 unspecified atom stereocenters. The van der Waals surface area contributed by atoms with Crippen LogP contribution in [0.3, 0.4) is 0 Å². The second-order valence-corrected chi connectivity index (χ2v) is 12.7. The Morgan fingerprint density at radius 2 is 0.849 bits per heavy atom. The van der Waals surface area contributed by atoms with Gasteiger partial charge in [0.1, 0.15) is 0 Å². The molecule has 2 N–H and O–H groups in total. The lowest BCUT2D eigenvalue weighted by Crippen LogP contribution is -2.11. The molecule has 4 aromatic carbocycles. The molecule has 0 spiro atoms. The molecule has 0 aliphatic heterocycles. The fraction of sp³-hybridized carbons (Fsp3) is 0.0638. The van der Waals surface area contributed by atoms with Gasteiger partial charge < -0.3 is 9.97 Å². The summed E-state index contributed by atoms with van der Waals surface area (Å²) in [5, 5.41) is 0. The molecule has 0 aliphatic carbocycles. The number of aryl methyl sites for hydroxylation is 2. The van der Waals surface area contributed by atoms with Crippen LogP contribution in [0.2, 0.25) is 0 Å². The fourth-order valence-electron chi connectivity index (χ4n) is 6.38. The molecule has 0 saturated heterocycles. The van der Waals surface area contributed by atoms with E-state index in [9.17, 15) is 9.59 Å². The highest BCUT2D eigenvalue weighted by Gasteiger charge is 2.16. The van der Waals surface area contributed by atoms with E-state index < -0.39 is 0 Å². The summed E-state index contributed by atoms with van der Waals surface area (Å²) in [6, 6.07) is 47.8. The van der Waals surface area contributed by atoms with E-state index in [1.807, 2.05) is 122 Å². The normalized spacial score (nSPS) is 10.7. The molecular weight excluding hydrogens is 653 g/mol. The second-order valence-electron chi connectivity index (χ2n) is 12.7. The third-order valence-corrected chi connectivity index (χ3v) is 9.21. The van der Waals surface area contributed by atoms with Crippen molar-refractivity contribution < 1.29 is 0 Å². The predicted octanol–water partition coefficient (Wildman–Crippen LogP) is 10.4. The molecule has 0 radical (unpaired) electrons. The molecule has 0 fully saturated rings. The SMILES string of the molecule is CCc1ccc(-c2cc(-c3ccncc3)c(-c3ccccc3)c(=O)[nH]2)cc1.Cc1ccc(-c2cc(-c3ccncc3)c(-c3ccccc3)c(=O)[nH]2)cc1. The van der Waals surface area contributed by atoms with Crippen LogP contribution < -0.4 is 11.1 Å². The van der Waals surface area contributed by atoms with Gasteiger partial charge in [0, 0.05) is 36.2 Å². The summed E-state index contributed by atoms with van der Waals surface area (Å²) in [5.41, 5.74) is 12.8. The number of rotatable bonds is 7. The number of hydrogen-bond donors (Lipinski definition) is 2. The second kappa shape index (κ2) is 16.0. The summed E-state index contributed by atoms with van der Waals surface area (Å²) < 4.78 is 0. The topological polar surface area (TPSA) is 91.5 Å². The van der Waals surface area contributed by atoms with Crippen LogP contribution in [-0.4, -0.2) is 19.9 Å². The Morgan fingerprint density at radius 3 is 1.25 bits per heavy atom. The van der Waals surface area contributed by atoms with E-state index in [1.165, 1.54) is 11.1 Å². The van der Waals surface area contributed by atoms with E-state index in [2.05, 4.69) is 57.2 Å². The lowest BCUT2D eigenvalue weighted by molar-refractivity contribution is 1.14. The van der Waals surface area contributed by atoms with Crippen LogP contribution in [0, 0.1) is 6.92 Å². The molecule has 6 nitrogen and oxygen atoms in total. The first kappa shape index (κ1) is 34.5. The van der Waals surface area contributed by atoms with Crippen LogP contribution >= 0.6 is 0 Å². The van der Waals surface area contributed by atoms with Gasteiger partial charge in [-0.2, -0.15) is 0 Å². The number of hydrogen-bond acceptors (Lipinski definition) is 4. The molecular formula is C47H38N4O2. The average Bonchev–Trinajstić information content (AvgIpc) is 3.22. The monoisotopic (exact) mass is 690 g/mol. The Labute approximate surface area is 308 Å². The van der Waals surface area contributed by atoms with Gasteiger partial charge in [-0.05, 0) is 99.8 Å². The third kappa shape index (κ3) is 7.87. The van der Waals surface area contributed by atoms with Crippen molar-refractivity contribution in [1.82, 2.24) is 19.9 Å². The summed E-state index contributed by atoms with van der Waals surface area (Å²) in [6.45, 7) is 4.18. The van der Waals surface area contributed by atoms with Gasteiger partial charge in [0.25, 0.3) is 11.1 Å². The van der Waals surface area contributed by atoms with Crippen molar-refractivity contribution >= 4 is 0 Å². The predicted molar refractivity (Wildman–Crippen MR) is 216 cm³/mol. The van der Waals surface area contributed by atoms with Crippen molar-refractivity contribution in [3.63, 3.8) is 0 Å². The summed E-state index contributed by atoms with van der Waals surface area (Å²) in [7, 11) is 0. The van der Waals surface area contributed by atoms with Crippen LogP contribution in [0.25, 0.3) is 67.0 Å². The van der Waals surface area contributed by atoms with E-state index >= 15 is 0 Å². The zero-order valence-corrected chi connectivity index (χ0v) is 29.6. The molecule has 0 amide bonds.